The second-order valence-electron chi connectivity index (χ2n) is 4.47. The van der Waals surface area contributed by atoms with Crippen LogP contribution in [0.2, 0.25) is 0 Å². The molecule has 1 heterocycles. The zero-order chi connectivity index (χ0) is 16.9. The molecular formula is C14H15F3N4O2. The SMILES string of the molecule is COc1cccc(Nc2cc(C(F)(F)F)nc(NCCO)n2)c1. The normalized spacial score (nSPS) is 11.2. The van der Waals surface area contributed by atoms with Crippen molar-refractivity contribution < 1.29 is 23.0 Å². The van der Waals surface area contributed by atoms with Crippen molar-refractivity contribution in [3.05, 3.63) is 36.0 Å². The molecule has 0 aliphatic carbocycles. The lowest BCUT2D eigenvalue weighted by atomic mass is 10.3. The minimum atomic E-state index is -4.61. The van der Waals surface area contributed by atoms with Crippen molar-refractivity contribution in [2.24, 2.45) is 0 Å². The van der Waals surface area contributed by atoms with Gasteiger partial charge in [0.15, 0.2) is 5.69 Å². The summed E-state index contributed by atoms with van der Waals surface area (Å²) >= 11 is 0. The lowest BCUT2D eigenvalue weighted by Crippen LogP contribution is -2.15. The van der Waals surface area contributed by atoms with Crippen molar-refractivity contribution in [1.29, 1.82) is 0 Å². The predicted octanol–water partition coefficient (Wildman–Crippen LogP) is 2.65. The average Bonchev–Trinajstić information content (AvgIpc) is 2.52. The first-order chi connectivity index (χ1) is 10.9. The van der Waals surface area contributed by atoms with Gasteiger partial charge in [0.05, 0.1) is 13.7 Å². The second-order valence-corrected chi connectivity index (χ2v) is 4.47. The van der Waals surface area contributed by atoms with Gasteiger partial charge in [-0.1, -0.05) is 6.07 Å². The largest absolute Gasteiger partial charge is 0.497 e. The van der Waals surface area contributed by atoms with Crippen LogP contribution in [0.25, 0.3) is 0 Å². The number of halogens is 3. The number of hydrogen-bond acceptors (Lipinski definition) is 6. The van der Waals surface area contributed by atoms with Gasteiger partial charge >= 0.3 is 6.18 Å². The molecule has 2 aromatic rings. The Labute approximate surface area is 130 Å². The molecular weight excluding hydrogens is 313 g/mol. The summed E-state index contributed by atoms with van der Waals surface area (Å²) in [6.45, 7) is -0.210. The molecule has 0 aliphatic heterocycles. The lowest BCUT2D eigenvalue weighted by Gasteiger charge is -2.13. The molecule has 0 atom stereocenters. The zero-order valence-corrected chi connectivity index (χ0v) is 12.2. The Hall–Kier alpha value is -2.55. The van der Waals surface area contributed by atoms with Crippen molar-refractivity contribution in [1.82, 2.24) is 9.97 Å². The molecule has 3 N–H and O–H groups in total. The van der Waals surface area contributed by atoms with E-state index in [9.17, 15) is 13.2 Å². The number of anilines is 3. The molecule has 23 heavy (non-hydrogen) atoms. The Morgan fingerprint density at radius 2 is 2.00 bits per heavy atom. The summed E-state index contributed by atoms with van der Waals surface area (Å²) in [4.78, 5) is 7.34. The fourth-order valence-electron chi connectivity index (χ4n) is 1.75. The van der Waals surface area contributed by atoms with Crippen LogP contribution < -0.4 is 15.4 Å². The second kappa shape index (κ2) is 7.14. The Balaban J connectivity index is 2.32. The van der Waals surface area contributed by atoms with Crippen molar-refractivity contribution in [2.45, 2.75) is 6.18 Å². The van der Waals surface area contributed by atoms with E-state index in [0.29, 0.717) is 11.4 Å². The maximum absolute atomic E-state index is 12.9. The summed E-state index contributed by atoms with van der Waals surface area (Å²) in [5.41, 5.74) is -0.567. The van der Waals surface area contributed by atoms with Crippen molar-refractivity contribution in [2.75, 3.05) is 30.9 Å². The van der Waals surface area contributed by atoms with Crippen LogP contribution in [0.5, 0.6) is 5.75 Å². The quantitative estimate of drug-likeness (QED) is 0.756. The monoisotopic (exact) mass is 328 g/mol. The fraction of sp³-hybridized carbons (Fsp3) is 0.286. The summed E-state index contributed by atoms with van der Waals surface area (Å²) in [6, 6.07) is 7.50. The maximum Gasteiger partial charge on any atom is 0.433 e. The number of methoxy groups -OCH3 is 1. The number of aliphatic hydroxyl groups excluding tert-OH is 1. The Bertz CT molecular complexity index is 665. The van der Waals surface area contributed by atoms with Crippen LogP contribution in [-0.2, 0) is 6.18 Å². The van der Waals surface area contributed by atoms with Crippen molar-refractivity contribution >= 4 is 17.5 Å². The summed E-state index contributed by atoms with van der Waals surface area (Å²) in [7, 11) is 1.49. The molecule has 0 aliphatic rings. The van der Waals surface area contributed by atoms with Crippen LogP contribution in [0.15, 0.2) is 30.3 Å². The number of ether oxygens (including phenoxy) is 1. The van der Waals surface area contributed by atoms with Gasteiger partial charge in [-0.15, -0.1) is 0 Å². The fourth-order valence-corrected chi connectivity index (χ4v) is 1.75. The maximum atomic E-state index is 12.9. The molecule has 6 nitrogen and oxygen atoms in total. The van der Waals surface area contributed by atoms with Gasteiger partial charge in [0.2, 0.25) is 5.95 Å². The highest BCUT2D eigenvalue weighted by Crippen LogP contribution is 2.30. The molecule has 2 rings (SSSR count). The third-order valence-electron chi connectivity index (χ3n) is 2.75. The van der Waals surface area contributed by atoms with Gasteiger partial charge < -0.3 is 20.5 Å². The van der Waals surface area contributed by atoms with E-state index < -0.39 is 11.9 Å². The third-order valence-corrected chi connectivity index (χ3v) is 2.75. The number of nitrogens with zero attached hydrogens (tertiary/aromatic N) is 2. The number of benzene rings is 1. The highest BCUT2D eigenvalue weighted by Gasteiger charge is 2.33. The molecule has 1 aromatic carbocycles. The molecule has 9 heteroatoms. The van der Waals surface area contributed by atoms with Gasteiger partial charge in [-0.3, -0.25) is 0 Å². The number of alkyl halides is 3. The van der Waals surface area contributed by atoms with E-state index in [0.717, 1.165) is 6.07 Å². The third kappa shape index (κ3) is 4.71. The van der Waals surface area contributed by atoms with Gasteiger partial charge in [-0.2, -0.15) is 18.2 Å². The highest BCUT2D eigenvalue weighted by atomic mass is 19.4. The summed E-state index contributed by atoms with van der Waals surface area (Å²) in [5.74, 6) is 0.305. The predicted molar refractivity (Wildman–Crippen MR) is 78.9 cm³/mol. The Morgan fingerprint density at radius 3 is 2.65 bits per heavy atom. The van der Waals surface area contributed by atoms with E-state index in [1.807, 2.05) is 0 Å². The van der Waals surface area contributed by atoms with E-state index in [2.05, 4.69) is 20.6 Å². The van der Waals surface area contributed by atoms with E-state index in [1.54, 1.807) is 24.3 Å². The molecule has 124 valence electrons. The Kier molecular flexibility index (Phi) is 5.22. The highest BCUT2D eigenvalue weighted by molar-refractivity contribution is 5.59. The van der Waals surface area contributed by atoms with Crippen LogP contribution in [0, 0.1) is 0 Å². The van der Waals surface area contributed by atoms with Crippen molar-refractivity contribution in [3.8, 4) is 5.75 Å². The van der Waals surface area contributed by atoms with E-state index >= 15 is 0 Å². The van der Waals surface area contributed by atoms with Gasteiger partial charge in [0.25, 0.3) is 0 Å². The van der Waals surface area contributed by atoms with Crippen LogP contribution in [0.3, 0.4) is 0 Å². The molecule has 0 fully saturated rings. The summed E-state index contributed by atoms with van der Waals surface area (Å²) in [6.07, 6.45) is -4.61. The summed E-state index contributed by atoms with van der Waals surface area (Å²) in [5, 5.41) is 14.0. The van der Waals surface area contributed by atoms with Crippen LogP contribution >= 0.6 is 0 Å². The lowest BCUT2D eigenvalue weighted by molar-refractivity contribution is -0.141. The van der Waals surface area contributed by atoms with Gasteiger partial charge in [0, 0.05) is 24.4 Å². The average molecular weight is 328 g/mol. The smallest absolute Gasteiger partial charge is 0.433 e. The number of aliphatic hydroxyl groups is 1. The molecule has 0 bridgehead atoms. The molecule has 0 spiro atoms. The first kappa shape index (κ1) is 16.8. The van der Waals surface area contributed by atoms with Crippen LogP contribution in [0.4, 0.5) is 30.6 Å². The first-order valence-electron chi connectivity index (χ1n) is 6.64. The standard InChI is InChI=1S/C14H15F3N4O2/c1-23-10-4-2-3-9(7-10)19-12-8-11(14(15,16)17)20-13(21-12)18-5-6-22/h2-4,7-8,22H,5-6H2,1H3,(H2,18,19,20,21). The Morgan fingerprint density at radius 1 is 1.22 bits per heavy atom. The molecule has 0 saturated carbocycles. The summed E-state index contributed by atoms with van der Waals surface area (Å²) < 4.78 is 43.8. The topological polar surface area (TPSA) is 79.3 Å². The molecule has 0 saturated heterocycles. The van der Waals surface area contributed by atoms with E-state index in [1.165, 1.54) is 7.11 Å². The number of aromatic nitrogens is 2. The van der Waals surface area contributed by atoms with Gasteiger partial charge in [0.1, 0.15) is 11.6 Å². The molecule has 0 radical (unpaired) electrons. The van der Waals surface area contributed by atoms with Crippen LogP contribution in [-0.4, -0.2) is 35.3 Å². The number of nitrogens with one attached hydrogen (secondary N) is 2. The van der Waals surface area contributed by atoms with Crippen LogP contribution in [0.1, 0.15) is 5.69 Å². The molecule has 0 unspecified atom stereocenters. The van der Waals surface area contributed by atoms with E-state index in [4.69, 9.17) is 9.84 Å². The van der Waals surface area contributed by atoms with Gasteiger partial charge in [-0.25, -0.2) is 4.98 Å². The zero-order valence-electron chi connectivity index (χ0n) is 12.2. The van der Waals surface area contributed by atoms with E-state index in [-0.39, 0.29) is 24.9 Å². The minimum absolute atomic E-state index is 0.0268. The minimum Gasteiger partial charge on any atom is -0.497 e. The first-order valence-corrected chi connectivity index (χ1v) is 6.64. The molecule has 1 aromatic heterocycles. The van der Waals surface area contributed by atoms with Crippen molar-refractivity contribution in [3.63, 3.8) is 0 Å². The number of hydrogen-bond donors (Lipinski definition) is 3. The molecule has 0 amide bonds. The van der Waals surface area contributed by atoms with Gasteiger partial charge in [-0.05, 0) is 12.1 Å². The number of rotatable bonds is 6.